The molecule has 1 saturated carbocycles. The van der Waals surface area contributed by atoms with Crippen molar-refractivity contribution in [1.29, 1.82) is 0 Å². The molecule has 0 aromatic heterocycles. The Kier molecular flexibility index (Phi) is 5.15. The summed E-state index contributed by atoms with van der Waals surface area (Å²) in [6.45, 7) is 3.50. The molecule has 0 radical (unpaired) electrons. The third kappa shape index (κ3) is 4.13. The summed E-state index contributed by atoms with van der Waals surface area (Å²) in [5, 5.41) is 9.89. The molecule has 1 aliphatic rings. The van der Waals surface area contributed by atoms with Gasteiger partial charge in [-0.25, -0.2) is 0 Å². The molecule has 1 N–H and O–H groups in total. The summed E-state index contributed by atoms with van der Waals surface area (Å²) in [7, 11) is 0. The van der Waals surface area contributed by atoms with Crippen LogP contribution in [0.3, 0.4) is 0 Å². The minimum absolute atomic E-state index is 0.156. The van der Waals surface area contributed by atoms with E-state index in [-0.39, 0.29) is 6.61 Å². The number of rotatable bonds is 5. The molecule has 0 bridgehead atoms. The van der Waals surface area contributed by atoms with E-state index in [0.717, 1.165) is 24.2 Å². The van der Waals surface area contributed by atoms with Gasteiger partial charge in [0.15, 0.2) is 0 Å². The average molecular weight is 311 g/mol. The van der Waals surface area contributed by atoms with Crippen molar-refractivity contribution in [2.24, 2.45) is 5.41 Å². The van der Waals surface area contributed by atoms with Gasteiger partial charge in [0, 0.05) is 5.02 Å². The molecule has 0 amide bonds. The fourth-order valence-corrected chi connectivity index (χ4v) is 2.88. The quantitative estimate of drug-likeness (QED) is 0.843. The Hall–Kier alpha value is -1.22. The van der Waals surface area contributed by atoms with E-state index in [1.54, 1.807) is 19.9 Å². The van der Waals surface area contributed by atoms with Gasteiger partial charge in [0.25, 0.3) is 0 Å². The number of carbonyl (C=O) groups is 1. The molecule has 3 nitrogen and oxygen atoms in total. The van der Waals surface area contributed by atoms with Gasteiger partial charge in [-0.3, -0.25) is 4.79 Å². The number of hydrogen-bond donors (Lipinski definition) is 1. The Labute approximate surface area is 131 Å². The zero-order valence-electron chi connectivity index (χ0n) is 12.7. The SMILES string of the molecule is CC(C)(COc1ccc(Cl)cc1C1CCCCC1)C(=O)O. The van der Waals surface area contributed by atoms with Crippen LogP contribution in [-0.2, 0) is 4.79 Å². The summed E-state index contributed by atoms with van der Waals surface area (Å²) in [6, 6.07) is 5.64. The predicted octanol–water partition coefficient (Wildman–Crippen LogP) is 4.88. The highest BCUT2D eigenvalue weighted by atomic mass is 35.5. The van der Waals surface area contributed by atoms with Crippen molar-refractivity contribution in [2.75, 3.05) is 6.61 Å². The van der Waals surface area contributed by atoms with Crippen LogP contribution >= 0.6 is 11.6 Å². The molecular formula is C17H23ClO3. The van der Waals surface area contributed by atoms with Crippen LogP contribution in [0.15, 0.2) is 18.2 Å². The maximum absolute atomic E-state index is 11.2. The molecule has 4 heteroatoms. The van der Waals surface area contributed by atoms with Gasteiger partial charge in [0.05, 0.1) is 5.41 Å². The van der Waals surface area contributed by atoms with Crippen LogP contribution in [0.5, 0.6) is 5.75 Å². The first-order valence-corrected chi connectivity index (χ1v) is 7.93. The lowest BCUT2D eigenvalue weighted by molar-refractivity contribution is -0.148. The Balaban J connectivity index is 2.17. The van der Waals surface area contributed by atoms with E-state index in [2.05, 4.69) is 0 Å². The second-order valence-corrected chi connectivity index (χ2v) is 6.93. The second kappa shape index (κ2) is 6.69. The van der Waals surface area contributed by atoms with Crippen molar-refractivity contribution < 1.29 is 14.6 Å². The molecule has 21 heavy (non-hydrogen) atoms. The largest absolute Gasteiger partial charge is 0.492 e. The van der Waals surface area contributed by atoms with E-state index >= 15 is 0 Å². The minimum Gasteiger partial charge on any atom is -0.492 e. The smallest absolute Gasteiger partial charge is 0.312 e. The Morgan fingerprint density at radius 2 is 2.00 bits per heavy atom. The fraction of sp³-hybridized carbons (Fsp3) is 0.588. The molecule has 0 saturated heterocycles. The van der Waals surface area contributed by atoms with Gasteiger partial charge >= 0.3 is 5.97 Å². The highest BCUT2D eigenvalue weighted by Crippen LogP contribution is 2.39. The third-order valence-electron chi connectivity index (χ3n) is 4.18. The van der Waals surface area contributed by atoms with Crippen LogP contribution in [0.4, 0.5) is 0 Å². The summed E-state index contributed by atoms with van der Waals surface area (Å²) in [5.74, 6) is 0.400. The van der Waals surface area contributed by atoms with Crippen molar-refractivity contribution in [3.63, 3.8) is 0 Å². The lowest BCUT2D eigenvalue weighted by Gasteiger charge is -2.26. The minimum atomic E-state index is -0.899. The first-order chi connectivity index (χ1) is 9.90. The number of carboxylic acids is 1. The first kappa shape index (κ1) is 16.2. The van der Waals surface area contributed by atoms with Crippen LogP contribution in [0.1, 0.15) is 57.4 Å². The Morgan fingerprint density at radius 1 is 1.33 bits per heavy atom. The summed E-state index contributed by atoms with van der Waals surface area (Å²) in [5.41, 5.74) is 0.229. The summed E-state index contributed by atoms with van der Waals surface area (Å²) >= 11 is 6.13. The molecule has 0 atom stereocenters. The fourth-order valence-electron chi connectivity index (χ4n) is 2.70. The first-order valence-electron chi connectivity index (χ1n) is 7.56. The van der Waals surface area contributed by atoms with Crippen molar-refractivity contribution in [2.45, 2.75) is 51.9 Å². The lowest BCUT2D eigenvalue weighted by atomic mass is 9.83. The topological polar surface area (TPSA) is 46.5 Å². The molecule has 0 spiro atoms. The molecule has 1 aliphatic carbocycles. The van der Waals surface area contributed by atoms with Crippen molar-refractivity contribution in [1.82, 2.24) is 0 Å². The molecule has 1 aromatic carbocycles. The molecule has 0 unspecified atom stereocenters. The van der Waals surface area contributed by atoms with E-state index in [9.17, 15) is 9.90 Å². The van der Waals surface area contributed by atoms with E-state index in [0.29, 0.717) is 10.9 Å². The van der Waals surface area contributed by atoms with Gasteiger partial charge in [-0.05, 0) is 56.4 Å². The highest BCUT2D eigenvalue weighted by molar-refractivity contribution is 6.30. The maximum atomic E-state index is 11.2. The van der Waals surface area contributed by atoms with Crippen LogP contribution in [-0.4, -0.2) is 17.7 Å². The Bertz CT molecular complexity index is 505. The van der Waals surface area contributed by atoms with Gasteiger partial charge in [0.1, 0.15) is 12.4 Å². The van der Waals surface area contributed by atoms with E-state index < -0.39 is 11.4 Å². The standard InChI is InChI=1S/C17H23ClO3/c1-17(2,16(19)20)11-21-15-9-8-13(18)10-14(15)12-6-4-3-5-7-12/h8-10,12H,3-7,11H2,1-2H3,(H,19,20). The number of aliphatic carboxylic acids is 1. The molecule has 1 aromatic rings. The summed E-state index contributed by atoms with van der Waals surface area (Å²) < 4.78 is 5.83. The lowest BCUT2D eigenvalue weighted by Crippen LogP contribution is -2.31. The van der Waals surface area contributed by atoms with Gasteiger partial charge in [-0.1, -0.05) is 30.9 Å². The van der Waals surface area contributed by atoms with Crippen molar-refractivity contribution >= 4 is 17.6 Å². The third-order valence-corrected chi connectivity index (χ3v) is 4.42. The normalized spacial score (nSPS) is 16.7. The van der Waals surface area contributed by atoms with Crippen LogP contribution in [0.25, 0.3) is 0 Å². The highest BCUT2D eigenvalue weighted by Gasteiger charge is 2.29. The number of halogens is 1. The van der Waals surface area contributed by atoms with E-state index in [4.69, 9.17) is 16.3 Å². The van der Waals surface area contributed by atoms with Gasteiger partial charge < -0.3 is 9.84 Å². The van der Waals surface area contributed by atoms with Crippen LogP contribution in [0, 0.1) is 5.41 Å². The number of carboxylic acid groups (broad SMARTS) is 1. The zero-order valence-corrected chi connectivity index (χ0v) is 13.4. The molecule has 0 aliphatic heterocycles. The monoisotopic (exact) mass is 310 g/mol. The maximum Gasteiger partial charge on any atom is 0.312 e. The average Bonchev–Trinajstić information content (AvgIpc) is 2.46. The van der Waals surface area contributed by atoms with Crippen molar-refractivity contribution in [3.8, 4) is 5.75 Å². The Morgan fingerprint density at radius 3 is 2.62 bits per heavy atom. The van der Waals surface area contributed by atoms with Gasteiger partial charge in [0.2, 0.25) is 0 Å². The summed E-state index contributed by atoms with van der Waals surface area (Å²) in [6.07, 6.45) is 6.06. The van der Waals surface area contributed by atoms with Gasteiger partial charge in [-0.2, -0.15) is 0 Å². The van der Waals surface area contributed by atoms with E-state index in [1.807, 2.05) is 12.1 Å². The van der Waals surface area contributed by atoms with Gasteiger partial charge in [-0.15, -0.1) is 0 Å². The molecule has 1 fully saturated rings. The predicted molar refractivity (Wildman–Crippen MR) is 84.2 cm³/mol. The number of hydrogen-bond acceptors (Lipinski definition) is 2. The number of benzene rings is 1. The second-order valence-electron chi connectivity index (χ2n) is 6.49. The van der Waals surface area contributed by atoms with Crippen LogP contribution < -0.4 is 4.74 Å². The zero-order chi connectivity index (χ0) is 15.5. The molecule has 116 valence electrons. The van der Waals surface area contributed by atoms with Crippen LogP contribution in [0.2, 0.25) is 5.02 Å². The van der Waals surface area contributed by atoms with Crippen molar-refractivity contribution in [3.05, 3.63) is 28.8 Å². The molecule has 2 rings (SSSR count). The number of ether oxygens (including phenoxy) is 1. The molecule has 0 heterocycles. The molecular weight excluding hydrogens is 288 g/mol. The summed E-state index contributed by atoms with van der Waals surface area (Å²) in [4.78, 5) is 11.2. The van der Waals surface area contributed by atoms with E-state index in [1.165, 1.54) is 19.3 Å².